The number of nitrogens with zero attached hydrogens (tertiary/aromatic N) is 2. The van der Waals surface area contributed by atoms with E-state index >= 15 is 0 Å². The quantitative estimate of drug-likeness (QED) is 0.862. The van der Waals surface area contributed by atoms with E-state index in [4.69, 9.17) is 0 Å². The Bertz CT molecular complexity index is 1130. The summed E-state index contributed by atoms with van der Waals surface area (Å²) in [5.41, 5.74) is 6.19. The SMILES string of the molecule is C/C=C1/C=CC(C(C)=c2cc/c(=C/c3ccc(/C=C4/C=CC=N4)[nH]3)[nH]2)=N1. The van der Waals surface area contributed by atoms with E-state index in [0.29, 0.717) is 0 Å². The van der Waals surface area contributed by atoms with E-state index in [9.17, 15) is 0 Å². The molecule has 2 aliphatic rings. The molecule has 0 amide bonds. The van der Waals surface area contributed by atoms with Crippen LogP contribution < -0.4 is 10.7 Å². The number of aromatic amines is 2. The van der Waals surface area contributed by atoms with E-state index in [1.165, 1.54) is 0 Å². The van der Waals surface area contributed by atoms with E-state index < -0.39 is 0 Å². The Labute approximate surface area is 152 Å². The van der Waals surface area contributed by atoms with Gasteiger partial charge in [-0.1, -0.05) is 6.08 Å². The van der Waals surface area contributed by atoms with Crippen LogP contribution in [-0.2, 0) is 0 Å². The van der Waals surface area contributed by atoms with Crippen molar-refractivity contribution in [2.45, 2.75) is 13.8 Å². The third-order valence-corrected chi connectivity index (χ3v) is 4.38. The Morgan fingerprint density at radius 2 is 1.77 bits per heavy atom. The van der Waals surface area contributed by atoms with Crippen LogP contribution in [0.25, 0.3) is 17.7 Å². The molecule has 0 bridgehead atoms. The summed E-state index contributed by atoms with van der Waals surface area (Å²) in [5, 5.41) is 2.13. The molecule has 2 aromatic heterocycles. The van der Waals surface area contributed by atoms with Crippen LogP contribution in [-0.4, -0.2) is 21.9 Å². The van der Waals surface area contributed by atoms with Gasteiger partial charge in [0.25, 0.3) is 0 Å². The van der Waals surface area contributed by atoms with Crippen molar-refractivity contribution in [3.63, 3.8) is 0 Å². The first-order valence-corrected chi connectivity index (χ1v) is 8.64. The maximum Gasteiger partial charge on any atom is 0.0687 e. The van der Waals surface area contributed by atoms with Gasteiger partial charge in [-0.05, 0) is 80.1 Å². The van der Waals surface area contributed by atoms with E-state index in [1.54, 1.807) is 6.21 Å². The fourth-order valence-corrected chi connectivity index (χ4v) is 2.92. The summed E-state index contributed by atoms with van der Waals surface area (Å²) in [4.78, 5) is 15.7. The maximum absolute atomic E-state index is 4.60. The molecule has 0 fully saturated rings. The van der Waals surface area contributed by atoms with Crippen molar-refractivity contribution in [1.29, 1.82) is 0 Å². The van der Waals surface area contributed by atoms with Gasteiger partial charge >= 0.3 is 0 Å². The van der Waals surface area contributed by atoms with Gasteiger partial charge in [0.1, 0.15) is 0 Å². The van der Waals surface area contributed by atoms with Crippen molar-refractivity contribution in [2.75, 3.05) is 0 Å². The highest BCUT2D eigenvalue weighted by atomic mass is 14.8. The van der Waals surface area contributed by atoms with Crippen molar-refractivity contribution in [3.05, 3.63) is 88.1 Å². The van der Waals surface area contributed by atoms with Gasteiger partial charge in [-0.2, -0.15) is 0 Å². The fraction of sp³-hybridized carbons (Fsp3) is 0.0909. The lowest BCUT2D eigenvalue weighted by Crippen LogP contribution is -2.15. The molecule has 4 nitrogen and oxygen atoms in total. The molecule has 128 valence electrons. The van der Waals surface area contributed by atoms with Gasteiger partial charge in [0, 0.05) is 28.3 Å². The monoisotopic (exact) mass is 340 g/mol. The standard InChI is InChI=1S/C22H20N4/c1-3-16-8-10-21(25-16)15(2)22-11-9-20(26-22)14-19-7-6-18(24-19)13-17-5-4-12-23-17/h3-14,24,26H,1-2H3/b16-3-,17-13-,20-14-,22-15?. The minimum absolute atomic E-state index is 0.955. The number of allylic oxidation sites excluding steroid dienone is 5. The lowest BCUT2D eigenvalue weighted by Gasteiger charge is -1.95. The average Bonchev–Trinajstić information content (AvgIpc) is 3.43. The lowest BCUT2D eigenvalue weighted by molar-refractivity contribution is 1.25. The summed E-state index contributed by atoms with van der Waals surface area (Å²) in [5.74, 6) is 0. The van der Waals surface area contributed by atoms with Crippen LogP contribution in [0.2, 0.25) is 0 Å². The number of aromatic nitrogens is 2. The Balaban J connectivity index is 1.62. The van der Waals surface area contributed by atoms with Crippen molar-refractivity contribution >= 4 is 29.7 Å². The molecule has 0 unspecified atom stereocenters. The first-order chi connectivity index (χ1) is 12.7. The van der Waals surface area contributed by atoms with E-state index in [2.05, 4.69) is 63.3 Å². The van der Waals surface area contributed by atoms with Gasteiger partial charge in [-0.25, -0.2) is 4.99 Å². The molecule has 4 heterocycles. The number of H-pyrrole nitrogens is 2. The lowest BCUT2D eigenvalue weighted by atomic mass is 10.2. The third-order valence-electron chi connectivity index (χ3n) is 4.38. The number of hydrogen-bond acceptors (Lipinski definition) is 2. The van der Waals surface area contributed by atoms with Crippen LogP contribution in [0.1, 0.15) is 25.2 Å². The Morgan fingerprint density at radius 3 is 2.50 bits per heavy atom. The normalized spacial score (nSPS) is 20.7. The summed E-state index contributed by atoms with van der Waals surface area (Å²) in [6.45, 7) is 4.09. The summed E-state index contributed by atoms with van der Waals surface area (Å²) < 4.78 is 0. The molecule has 0 aromatic carbocycles. The second-order valence-corrected chi connectivity index (χ2v) is 6.22. The number of nitrogens with one attached hydrogen (secondary N) is 2. The molecule has 0 aliphatic carbocycles. The zero-order valence-electron chi connectivity index (χ0n) is 14.8. The fourth-order valence-electron chi connectivity index (χ4n) is 2.92. The van der Waals surface area contributed by atoms with Crippen LogP contribution in [0, 0.1) is 0 Å². The van der Waals surface area contributed by atoms with Crippen LogP contribution in [0.15, 0.2) is 76.0 Å². The van der Waals surface area contributed by atoms with Crippen molar-refractivity contribution in [1.82, 2.24) is 9.97 Å². The van der Waals surface area contributed by atoms with Crippen LogP contribution >= 0.6 is 0 Å². The minimum atomic E-state index is 0.955. The molecular formula is C22H20N4. The highest BCUT2D eigenvalue weighted by Gasteiger charge is 2.06. The molecule has 4 heteroatoms. The molecular weight excluding hydrogens is 320 g/mol. The third kappa shape index (κ3) is 3.35. The van der Waals surface area contributed by atoms with E-state index in [0.717, 1.165) is 44.8 Å². The molecule has 2 aliphatic heterocycles. The van der Waals surface area contributed by atoms with Crippen LogP contribution in [0.3, 0.4) is 0 Å². The molecule has 4 rings (SSSR count). The topological polar surface area (TPSA) is 56.3 Å². The van der Waals surface area contributed by atoms with E-state index in [-0.39, 0.29) is 0 Å². The largest absolute Gasteiger partial charge is 0.355 e. The van der Waals surface area contributed by atoms with Crippen molar-refractivity contribution in [2.24, 2.45) is 9.98 Å². The maximum atomic E-state index is 4.60. The van der Waals surface area contributed by atoms with Gasteiger partial charge in [-0.3, -0.25) is 4.99 Å². The summed E-state index contributed by atoms with van der Waals surface area (Å²) in [6.07, 6.45) is 15.9. The predicted molar refractivity (Wildman–Crippen MR) is 109 cm³/mol. The highest BCUT2D eigenvalue weighted by Crippen LogP contribution is 2.13. The predicted octanol–water partition coefficient (Wildman–Crippen LogP) is 3.24. The van der Waals surface area contributed by atoms with E-state index in [1.807, 2.05) is 37.3 Å². The second kappa shape index (κ2) is 6.84. The van der Waals surface area contributed by atoms with Gasteiger partial charge in [0.15, 0.2) is 0 Å². The summed E-state index contributed by atoms with van der Waals surface area (Å²) in [6, 6.07) is 8.29. The Morgan fingerprint density at radius 1 is 0.923 bits per heavy atom. The average molecular weight is 340 g/mol. The molecule has 2 aromatic rings. The number of hydrogen-bond donors (Lipinski definition) is 2. The Kier molecular flexibility index (Phi) is 4.23. The van der Waals surface area contributed by atoms with Gasteiger partial charge in [0.05, 0.1) is 17.1 Å². The second-order valence-electron chi connectivity index (χ2n) is 6.22. The first kappa shape index (κ1) is 16.1. The molecule has 0 atom stereocenters. The Hall–Kier alpha value is -3.40. The van der Waals surface area contributed by atoms with Crippen LogP contribution in [0.5, 0.6) is 0 Å². The first-order valence-electron chi connectivity index (χ1n) is 8.64. The number of aliphatic imine (C=N–C) groups is 2. The zero-order valence-corrected chi connectivity index (χ0v) is 14.8. The van der Waals surface area contributed by atoms with Gasteiger partial charge in [-0.15, -0.1) is 0 Å². The summed E-state index contributed by atoms with van der Waals surface area (Å²) >= 11 is 0. The molecule has 26 heavy (non-hydrogen) atoms. The van der Waals surface area contributed by atoms with Gasteiger partial charge in [0.2, 0.25) is 0 Å². The minimum Gasteiger partial charge on any atom is -0.355 e. The molecule has 2 N–H and O–H groups in total. The molecule has 0 saturated carbocycles. The highest BCUT2D eigenvalue weighted by molar-refractivity contribution is 6.25. The van der Waals surface area contributed by atoms with Crippen LogP contribution in [0.4, 0.5) is 0 Å². The molecule has 0 saturated heterocycles. The smallest absolute Gasteiger partial charge is 0.0687 e. The zero-order chi connectivity index (χ0) is 17.9. The summed E-state index contributed by atoms with van der Waals surface area (Å²) in [7, 11) is 0. The molecule has 0 radical (unpaired) electrons. The van der Waals surface area contributed by atoms with Crippen molar-refractivity contribution < 1.29 is 0 Å². The van der Waals surface area contributed by atoms with Gasteiger partial charge < -0.3 is 9.97 Å². The van der Waals surface area contributed by atoms with Crippen molar-refractivity contribution in [3.8, 4) is 0 Å². The molecule has 0 spiro atoms. The number of rotatable bonds is 3.